The molecule has 0 radical (unpaired) electrons. The van der Waals surface area contributed by atoms with E-state index in [-0.39, 0.29) is 0 Å². The zero-order valence-electron chi connectivity index (χ0n) is 8.84. The number of carbonyl (C=O) groups is 1. The van der Waals surface area contributed by atoms with Crippen LogP contribution in [0.3, 0.4) is 0 Å². The third kappa shape index (κ3) is 2.35. The normalized spacial score (nSPS) is 10.3. The van der Waals surface area contributed by atoms with Crippen molar-refractivity contribution in [3.05, 3.63) is 40.9 Å². The first-order valence-electron chi connectivity index (χ1n) is 4.82. The van der Waals surface area contributed by atoms with Gasteiger partial charge in [0.25, 0.3) is 0 Å². The van der Waals surface area contributed by atoms with E-state index in [1.807, 2.05) is 24.3 Å². The van der Waals surface area contributed by atoms with Gasteiger partial charge in [0.1, 0.15) is 10.7 Å². The second kappa shape index (κ2) is 5.01. The highest BCUT2D eigenvalue weighted by Crippen LogP contribution is 2.24. The maximum absolute atomic E-state index is 10.5. The van der Waals surface area contributed by atoms with Gasteiger partial charge in [-0.2, -0.15) is 0 Å². The summed E-state index contributed by atoms with van der Waals surface area (Å²) in [7, 11) is 1.67. The van der Waals surface area contributed by atoms with Crippen LogP contribution in [0.5, 0.6) is 0 Å². The van der Waals surface area contributed by atoms with Crippen LogP contribution in [-0.2, 0) is 11.3 Å². The molecular formula is C12H11NO2S. The van der Waals surface area contributed by atoms with Crippen molar-refractivity contribution in [1.82, 2.24) is 4.98 Å². The van der Waals surface area contributed by atoms with Crippen LogP contribution >= 0.6 is 11.3 Å². The summed E-state index contributed by atoms with van der Waals surface area (Å²) in [4.78, 5) is 14.8. The number of nitrogens with zero attached hydrogens (tertiary/aromatic N) is 1. The largest absolute Gasteiger partial charge is 0.380 e. The fourth-order valence-electron chi connectivity index (χ4n) is 1.43. The fourth-order valence-corrected chi connectivity index (χ4v) is 2.20. The van der Waals surface area contributed by atoms with E-state index >= 15 is 0 Å². The summed E-state index contributed by atoms with van der Waals surface area (Å²) >= 11 is 1.47. The average molecular weight is 233 g/mol. The van der Waals surface area contributed by atoms with Crippen molar-refractivity contribution in [2.75, 3.05) is 7.11 Å². The Labute approximate surface area is 97.7 Å². The Hall–Kier alpha value is -1.52. The zero-order chi connectivity index (χ0) is 11.4. The molecule has 0 aliphatic carbocycles. The number of thiazole rings is 1. The molecular weight excluding hydrogens is 222 g/mol. The van der Waals surface area contributed by atoms with Crippen LogP contribution in [0.15, 0.2) is 29.6 Å². The van der Waals surface area contributed by atoms with Crippen LogP contribution in [0.2, 0.25) is 0 Å². The van der Waals surface area contributed by atoms with E-state index < -0.39 is 0 Å². The Balaban J connectivity index is 2.32. The lowest BCUT2D eigenvalue weighted by Gasteiger charge is -2.01. The van der Waals surface area contributed by atoms with Gasteiger partial charge in [-0.3, -0.25) is 4.79 Å². The Bertz CT molecular complexity index is 493. The number of hydrogen-bond donors (Lipinski definition) is 0. The highest BCUT2D eigenvalue weighted by molar-refractivity contribution is 7.13. The van der Waals surface area contributed by atoms with Crippen molar-refractivity contribution in [3.8, 4) is 10.6 Å². The number of aldehydes is 1. The molecule has 1 heterocycles. The van der Waals surface area contributed by atoms with Crippen LogP contribution in [0.25, 0.3) is 10.6 Å². The van der Waals surface area contributed by atoms with Gasteiger partial charge in [0.15, 0.2) is 6.29 Å². The van der Waals surface area contributed by atoms with Crippen molar-refractivity contribution in [2.24, 2.45) is 0 Å². The number of ether oxygens (including phenoxy) is 1. The SMILES string of the molecule is COCc1cccc(-c2nc(C=O)cs2)c1. The number of methoxy groups -OCH3 is 1. The Morgan fingerprint density at radius 1 is 1.50 bits per heavy atom. The molecule has 16 heavy (non-hydrogen) atoms. The van der Waals surface area contributed by atoms with Crippen molar-refractivity contribution in [1.29, 1.82) is 0 Å². The Morgan fingerprint density at radius 2 is 2.38 bits per heavy atom. The Morgan fingerprint density at radius 3 is 3.06 bits per heavy atom. The molecule has 0 spiro atoms. The first kappa shape index (κ1) is 11.0. The maximum Gasteiger partial charge on any atom is 0.169 e. The molecule has 0 saturated carbocycles. The van der Waals surface area contributed by atoms with Gasteiger partial charge >= 0.3 is 0 Å². The van der Waals surface area contributed by atoms with E-state index in [1.54, 1.807) is 12.5 Å². The smallest absolute Gasteiger partial charge is 0.169 e. The summed E-state index contributed by atoms with van der Waals surface area (Å²) in [6.45, 7) is 0.583. The molecule has 0 bridgehead atoms. The summed E-state index contributed by atoms with van der Waals surface area (Å²) in [6.07, 6.45) is 0.763. The highest BCUT2D eigenvalue weighted by atomic mass is 32.1. The standard InChI is InChI=1S/C12H11NO2S/c1-15-7-9-3-2-4-10(5-9)12-13-11(6-14)8-16-12/h2-6,8H,7H2,1H3. The highest BCUT2D eigenvalue weighted by Gasteiger charge is 2.04. The summed E-state index contributed by atoms with van der Waals surface area (Å²) in [5, 5.41) is 2.62. The quantitative estimate of drug-likeness (QED) is 0.762. The van der Waals surface area contributed by atoms with Crippen molar-refractivity contribution in [3.63, 3.8) is 0 Å². The molecule has 2 aromatic rings. The first-order chi connectivity index (χ1) is 7.83. The Kier molecular flexibility index (Phi) is 3.44. The molecule has 3 nitrogen and oxygen atoms in total. The zero-order valence-corrected chi connectivity index (χ0v) is 9.66. The number of rotatable bonds is 4. The minimum absolute atomic E-state index is 0.483. The summed E-state index contributed by atoms with van der Waals surface area (Å²) in [5.74, 6) is 0. The van der Waals surface area contributed by atoms with Gasteiger partial charge in [0.2, 0.25) is 0 Å². The van der Waals surface area contributed by atoms with Crippen LogP contribution < -0.4 is 0 Å². The van der Waals surface area contributed by atoms with Crippen molar-refractivity contribution < 1.29 is 9.53 Å². The molecule has 82 valence electrons. The van der Waals surface area contributed by atoms with Gasteiger partial charge in [0, 0.05) is 18.1 Å². The number of hydrogen-bond acceptors (Lipinski definition) is 4. The van der Waals surface area contributed by atoms with E-state index in [0.717, 1.165) is 22.4 Å². The molecule has 0 amide bonds. The average Bonchev–Trinajstić information content (AvgIpc) is 2.78. The van der Waals surface area contributed by atoms with E-state index in [4.69, 9.17) is 4.74 Å². The molecule has 0 aliphatic rings. The van der Waals surface area contributed by atoms with Crippen molar-refractivity contribution >= 4 is 17.6 Å². The lowest BCUT2D eigenvalue weighted by Crippen LogP contribution is -1.88. The summed E-state index contributed by atoms with van der Waals surface area (Å²) < 4.78 is 5.07. The monoisotopic (exact) mass is 233 g/mol. The van der Waals surface area contributed by atoms with Gasteiger partial charge in [-0.25, -0.2) is 4.98 Å². The van der Waals surface area contributed by atoms with Crippen LogP contribution in [0, 0.1) is 0 Å². The maximum atomic E-state index is 10.5. The predicted octanol–water partition coefficient (Wildman–Crippen LogP) is 2.77. The topological polar surface area (TPSA) is 39.2 Å². The summed E-state index contributed by atoms with van der Waals surface area (Å²) in [6, 6.07) is 7.97. The van der Waals surface area contributed by atoms with E-state index in [2.05, 4.69) is 4.98 Å². The van der Waals surface area contributed by atoms with Crippen molar-refractivity contribution in [2.45, 2.75) is 6.61 Å². The van der Waals surface area contributed by atoms with E-state index in [9.17, 15) is 4.79 Å². The third-order valence-electron chi connectivity index (χ3n) is 2.13. The van der Waals surface area contributed by atoms with Crippen LogP contribution in [0.1, 0.15) is 16.1 Å². The van der Waals surface area contributed by atoms with Gasteiger partial charge < -0.3 is 4.74 Å². The molecule has 1 aromatic carbocycles. The van der Waals surface area contributed by atoms with E-state index in [1.165, 1.54) is 11.3 Å². The minimum atomic E-state index is 0.483. The molecule has 0 unspecified atom stereocenters. The molecule has 0 aliphatic heterocycles. The number of carbonyl (C=O) groups excluding carboxylic acids is 1. The molecule has 0 saturated heterocycles. The minimum Gasteiger partial charge on any atom is -0.380 e. The molecule has 0 N–H and O–H groups in total. The molecule has 0 atom stereocenters. The van der Waals surface area contributed by atoms with Gasteiger partial charge in [-0.1, -0.05) is 18.2 Å². The second-order valence-corrected chi connectivity index (χ2v) is 4.19. The number of benzene rings is 1. The molecule has 1 aromatic heterocycles. The molecule has 0 fully saturated rings. The first-order valence-corrected chi connectivity index (χ1v) is 5.70. The second-order valence-electron chi connectivity index (χ2n) is 3.33. The van der Waals surface area contributed by atoms with Crippen LogP contribution in [-0.4, -0.2) is 18.4 Å². The number of aromatic nitrogens is 1. The van der Waals surface area contributed by atoms with Gasteiger partial charge in [0.05, 0.1) is 6.61 Å². The van der Waals surface area contributed by atoms with Gasteiger partial charge in [-0.05, 0) is 11.6 Å². The van der Waals surface area contributed by atoms with Gasteiger partial charge in [-0.15, -0.1) is 11.3 Å². The molecule has 4 heteroatoms. The van der Waals surface area contributed by atoms with Crippen LogP contribution in [0.4, 0.5) is 0 Å². The van der Waals surface area contributed by atoms with E-state index in [0.29, 0.717) is 12.3 Å². The third-order valence-corrected chi connectivity index (χ3v) is 3.04. The molecule has 2 rings (SSSR count). The lowest BCUT2D eigenvalue weighted by atomic mass is 10.1. The predicted molar refractivity (Wildman–Crippen MR) is 63.7 cm³/mol. The fraction of sp³-hybridized carbons (Fsp3) is 0.167. The summed E-state index contributed by atoms with van der Waals surface area (Å²) in [5.41, 5.74) is 2.60. The lowest BCUT2D eigenvalue weighted by molar-refractivity contribution is 0.111.